The second kappa shape index (κ2) is 6.45. The fraction of sp³-hybridized carbons (Fsp3) is 0.533. The van der Waals surface area contributed by atoms with Crippen LogP contribution in [0.2, 0.25) is 0 Å². The molecule has 4 nitrogen and oxygen atoms in total. The molecule has 1 aliphatic rings. The number of fused-ring (bicyclic) bond motifs is 1. The lowest BCUT2D eigenvalue weighted by molar-refractivity contribution is -0.138. The number of anilines is 1. The molecule has 104 valence electrons. The largest absolute Gasteiger partial charge is 0.477 e. The van der Waals surface area contributed by atoms with Crippen molar-refractivity contribution in [3.63, 3.8) is 0 Å². The smallest absolute Gasteiger partial charge is 0.265 e. The first-order valence-corrected chi connectivity index (χ1v) is 7.04. The molecule has 0 fully saturated rings. The van der Waals surface area contributed by atoms with Crippen LogP contribution in [0.25, 0.3) is 0 Å². The maximum absolute atomic E-state index is 12.4. The van der Waals surface area contributed by atoms with E-state index >= 15 is 0 Å². The summed E-state index contributed by atoms with van der Waals surface area (Å²) in [5.41, 5.74) is 0.962. The van der Waals surface area contributed by atoms with E-state index in [2.05, 4.69) is 19.2 Å². The second-order valence-electron chi connectivity index (χ2n) is 4.81. The minimum Gasteiger partial charge on any atom is -0.477 e. The normalized spacial score (nSPS) is 17.1. The van der Waals surface area contributed by atoms with E-state index < -0.39 is 6.10 Å². The van der Waals surface area contributed by atoms with Crippen LogP contribution in [0.1, 0.15) is 26.7 Å². The highest BCUT2D eigenvalue weighted by Crippen LogP contribution is 2.28. The predicted octanol–water partition coefficient (Wildman–Crippen LogP) is 2.51. The Morgan fingerprint density at radius 3 is 2.68 bits per heavy atom. The third-order valence-corrected chi connectivity index (χ3v) is 3.21. The summed E-state index contributed by atoms with van der Waals surface area (Å²) in [4.78, 5) is 14.4. The van der Waals surface area contributed by atoms with Gasteiger partial charge in [-0.05, 0) is 25.0 Å². The molecule has 1 atom stereocenters. The van der Waals surface area contributed by atoms with Gasteiger partial charge in [-0.2, -0.15) is 0 Å². The van der Waals surface area contributed by atoms with E-state index in [1.54, 1.807) is 0 Å². The Bertz CT molecular complexity index is 428. The van der Waals surface area contributed by atoms with Gasteiger partial charge in [0.25, 0.3) is 5.91 Å². The number of nitrogens with zero attached hydrogens (tertiary/aromatic N) is 1. The highest BCUT2D eigenvalue weighted by atomic mass is 16.5. The van der Waals surface area contributed by atoms with Crippen molar-refractivity contribution in [2.75, 3.05) is 25.0 Å². The lowest BCUT2D eigenvalue weighted by atomic mass is 10.2. The molecule has 0 radical (unpaired) electrons. The van der Waals surface area contributed by atoms with Gasteiger partial charge < -0.3 is 15.0 Å². The highest BCUT2D eigenvalue weighted by molar-refractivity contribution is 5.83. The predicted molar refractivity (Wildman–Crippen MR) is 76.5 cm³/mol. The van der Waals surface area contributed by atoms with Crippen molar-refractivity contribution in [3.05, 3.63) is 24.3 Å². The Kier molecular flexibility index (Phi) is 4.66. The minimum absolute atomic E-state index is 0.0886. The standard InChI is InChI=1S/C15H22N2O2/c1-3-9-17(10-4-2)15(18)14-11-16-12-7-5-6-8-13(12)19-14/h5-8,14,16H,3-4,9-11H2,1-2H3. The van der Waals surface area contributed by atoms with Crippen molar-refractivity contribution in [1.82, 2.24) is 4.90 Å². The van der Waals surface area contributed by atoms with Crippen LogP contribution in [0.5, 0.6) is 5.75 Å². The third-order valence-electron chi connectivity index (χ3n) is 3.21. The first-order chi connectivity index (χ1) is 9.26. The van der Waals surface area contributed by atoms with Crippen molar-refractivity contribution >= 4 is 11.6 Å². The highest BCUT2D eigenvalue weighted by Gasteiger charge is 2.28. The topological polar surface area (TPSA) is 41.6 Å². The van der Waals surface area contributed by atoms with E-state index in [1.807, 2.05) is 29.2 Å². The van der Waals surface area contributed by atoms with Crippen LogP contribution < -0.4 is 10.1 Å². The molecule has 1 amide bonds. The second-order valence-corrected chi connectivity index (χ2v) is 4.81. The van der Waals surface area contributed by atoms with Gasteiger partial charge in [-0.3, -0.25) is 4.79 Å². The number of carbonyl (C=O) groups is 1. The molecule has 2 rings (SSSR count). The summed E-state index contributed by atoms with van der Waals surface area (Å²) in [5.74, 6) is 0.853. The van der Waals surface area contributed by atoms with Gasteiger partial charge in [0, 0.05) is 13.1 Å². The monoisotopic (exact) mass is 262 g/mol. The molecule has 1 unspecified atom stereocenters. The van der Waals surface area contributed by atoms with Crippen LogP contribution in [0.4, 0.5) is 5.69 Å². The molecule has 19 heavy (non-hydrogen) atoms. The van der Waals surface area contributed by atoms with Crippen LogP contribution >= 0.6 is 0 Å². The molecular weight excluding hydrogens is 240 g/mol. The third kappa shape index (κ3) is 3.19. The molecule has 1 N–H and O–H groups in total. The number of hydrogen-bond donors (Lipinski definition) is 1. The molecule has 0 saturated carbocycles. The molecule has 1 aromatic carbocycles. The summed E-state index contributed by atoms with van der Waals surface area (Å²) in [5, 5.41) is 3.26. The number of rotatable bonds is 5. The zero-order valence-electron chi connectivity index (χ0n) is 11.7. The summed E-state index contributed by atoms with van der Waals surface area (Å²) in [7, 11) is 0. The van der Waals surface area contributed by atoms with E-state index in [0.29, 0.717) is 6.54 Å². The number of hydrogen-bond acceptors (Lipinski definition) is 3. The molecule has 0 bridgehead atoms. The average molecular weight is 262 g/mol. The lowest BCUT2D eigenvalue weighted by Crippen LogP contribution is -2.47. The van der Waals surface area contributed by atoms with E-state index in [4.69, 9.17) is 4.74 Å². The van der Waals surface area contributed by atoms with Gasteiger partial charge in [0.2, 0.25) is 0 Å². The van der Waals surface area contributed by atoms with E-state index in [0.717, 1.165) is 37.4 Å². The van der Waals surface area contributed by atoms with Crippen LogP contribution in [-0.4, -0.2) is 36.5 Å². The van der Waals surface area contributed by atoms with Gasteiger partial charge in [-0.15, -0.1) is 0 Å². The summed E-state index contributed by atoms with van der Waals surface area (Å²) >= 11 is 0. The zero-order valence-corrected chi connectivity index (χ0v) is 11.7. The summed E-state index contributed by atoms with van der Waals surface area (Å²) < 4.78 is 5.81. The Labute approximate surface area is 114 Å². The van der Waals surface area contributed by atoms with Crippen molar-refractivity contribution in [1.29, 1.82) is 0 Å². The average Bonchev–Trinajstić information content (AvgIpc) is 2.46. The van der Waals surface area contributed by atoms with Gasteiger partial charge in [0.1, 0.15) is 5.75 Å². The molecule has 1 heterocycles. The Balaban J connectivity index is 2.04. The number of ether oxygens (including phenoxy) is 1. The molecule has 0 saturated heterocycles. The van der Waals surface area contributed by atoms with Gasteiger partial charge in [0.15, 0.2) is 6.10 Å². The summed E-state index contributed by atoms with van der Waals surface area (Å²) in [6.07, 6.45) is 1.54. The van der Waals surface area contributed by atoms with Crippen molar-refractivity contribution < 1.29 is 9.53 Å². The Hall–Kier alpha value is -1.71. The van der Waals surface area contributed by atoms with E-state index in [1.165, 1.54) is 0 Å². The molecule has 0 aliphatic carbocycles. The maximum atomic E-state index is 12.4. The lowest BCUT2D eigenvalue weighted by Gasteiger charge is -2.31. The zero-order chi connectivity index (χ0) is 13.7. The quantitative estimate of drug-likeness (QED) is 0.886. The number of amides is 1. The minimum atomic E-state index is -0.409. The molecule has 1 aromatic rings. The van der Waals surface area contributed by atoms with Gasteiger partial charge in [-0.1, -0.05) is 26.0 Å². The van der Waals surface area contributed by atoms with E-state index in [-0.39, 0.29) is 5.91 Å². The van der Waals surface area contributed by atoms with Gasteiger partial charge in [-0.25, -0.2) is 0 Å². The molecular formula is C15H22N2O2. The van der Waals surface area contributed by atoms with Crippen molar-refractivity contribution in [2.24, 2.45) is 0 Å². The fourth-order valence-electron chi connectivity index (χ4n) is 2.33. The Morgan fingerprint density at radius 1 is 1.32 bits per heavy atom. The number of para-hydroxylation sites is 2. The molecule has 0 spiro atoms. The fourth-order valence-corrected chi connectivity index (χ4v) is 2.33. The van der Waals surface area contributed by atoms with E-state index in [9.17, 15) is 4.79 Å². The van der Waals surface area contributed by atoms with Crippen LogP contribution in [0.15, 0.2) is 24.3 Å². The maximum Gasteiger partial charge on any atom is 0.265 e. The van der Waals surface area contributed by atoms with Crippen LogP contribution in [0.3, 0.4) is 0 Å². The van der Waals surface area contributed by atoms with Crippen molar-refractivity contribution in [3.8, 4) is 5.75 Å². The molecule has 4 heteroatoms. The summed E-state index contributed by atoms with van der Waals surface area (Å²) in [6, 6.07) is 7.73. The number of carbonyl (C=O) groups excluding carboxylic acids is 1. The van der Waals surface area contributed by atoms with Crippen LogP contribution in [0, 0.1) is 0 Å². The number of benzene rings is 1. The SMILES string of the molecule is CCCN(CCC)C(=O)C1CNc2ccccc2O1. The van der Waals surface area contributed by atoms with Gasteiger partial charge >= 0.3 is 0 Å². The molecule has 1 aliphatic heterocycles. The first-order valence-electron chi connectivity index (χ1n) is 7.04. The Morgan fingerprint density at radius 2 is 2.00 bits per heavy atom. The summed E-state index contributed by atoms with van der Waals surface area (Å²) in [6.45, 7) is 6.32. The van der Waals surface area contributed by atoms with Crippen molar-refractivity contribution in [2.45, 2.75) is 32.8 Å². The van der Waals surface area contributed by atoms with Gasteiger partial charge in [0.05, 0.1) is 12.2 Å². The number of nitrogens with one attached hydrogen (secondary N) is 1. The van der Waals surface area contributed by atoms with Crippen LogP contribution in [-0.2, 0) is 4.79 Å². The molecule has 0 aromatic heterocycles. The first kappa shape index (κ1) is 13.7.